The van der Waals surface area contributed by atoms with Crippen molar-refractivity contribution in [2.24, 2.45) is 0 Å². The van der Waals surface area contributed by atoms with E-state index in [-0.39, 0.29) is 11.8 Å². The zero-order chi connectivity index (χ0) is 20.6. The molecule has 2 aromatic rings. The van der Waals surface area contributed by atoms with Crippen LogP contribution in [0.5, 0.6) is 0 Å². The number of rotatable bonds is 7. The number of hydrogen-bond acceptors (Lipinski definition) is 4. The van der Waals surface area contributed by atoms with Gasteiger partial charge >= 0.3 is 0 Å². The van der Waals surface area contributed by atoms with E-state index in [0.717, 1.165) is 25.9 Å². The van der Waals surface area contributed by atoms with Crippen LogP contribution in [0.2, 0.25) is 0 Å². The van der Waals surface area contributed by atoms with Crippen LogP contribution in [0.4, 0.5) is 5.69 Å². The standard InChI is InChI=1S/C23H30N4O2/c1-3-10-26(11-4-2)22(28)19-16-20(18-24-17-19)23(29)27-14-12-25(13-15-27)21-8-6-5-7-9-21/h5-9,16-18H,3-4,10-15H2,1-2H3. The van der Waals surface area contributed by atoms with E-state index < -0.39 is 0 Å². The summed E-state index contributed by atoms with van der Waals surface area (Å²) in [5, 5.41) is 0. The molecule has 2 amide bonds. The number of benzene rings is 1. The van der Waals surface area contributed by atoms with Crippen molar-refractivity contribution in [1.82, 2.24) is 14.8 Å². The minimum atomic E-state index is -0.0580. The molecule has 2 heterocycles. The number of para-hydroxylation sites is 1. The highest BCUT2D eigenvalue weighted by Crippen LogP contribution is 2.17. The Morgan fingerprint density at radius 2 is 1.55 bits per heavy atom. The summed E-state index contributed by atoms with van der Waals surface area (Å²) >= 11 is 0. The van der Waals surface area contributed by atoms with Crippen LogP contribution in [0.25, 0.3) is 0 Å². The van der Waals surface area contributed by atoms with Crippen LogP contribution in [-0.4, -0.2) is 65.9 Å². The molecule has 3 rings (SSSR count). The minimum absolute atomic E-state index is 0.0512. The number of anilines is 1. The SMILES string of the molecule is CCCN(CCC)C(=O)c1cncc(C(=O)N2CCN(c3ccccc3)CC2)c1. The molecular weight excluding hydrogens is 364 g/mol. The van der Waals surface area contributed by atoms with Gasteiger partial charge in [0.15, 0.2) is 0 Å². The molecule has 0 saturated carbocycles. The maximum atomic E-state index is 13.0. The van der Waals surface area contributed by atoms with Gasteiger partial charge in [0.05, 0.1) is 11.1 Å². The van der Waals surface area contributed by atoms with Gasteiger partial charge in [-0.1, -0.05) is 32.0 Å². The molecule has 1 fully saturated rings. The van der Waals surface area contributed by atoms with E-state index in [2.05, 4.69) is 35.9 Å². The van der Waals surface area contributed by atoms with E-state index in [1.165, 1.54) is 5.69 Å². The lowest BCUT2D eigenvalue weighted by Gasteiger charge is -2.36. The highest BCUT2D eigenvalue weighted by atomic mass is 16.2. The summed E-state index contributed by atoms with van der Waals surface area (Å²) in [6.45, 7) is 8.45. The van der Waals surface area contributed by atoms with Gasteiger partial charge in [0.1, 0.15) is 0 Å². The Morgan fingerprint density at radius 3 is 2.17 bits per heavy atom. The Kier molecular flexibility index (Phi) is 7.22. The molecule has 0 unspecified atom stereocenters. The summed E-state index contributed by atoms with van der Waals surface area (Å²) in [5.41, 5.74) is 2.15. The first-order chi connectivity index (χ1) is 14.1. The van der Waals surface area contributed by atoms with E-state index in [4.69, 9.17) is 0 Å². The van der Waals surface area contributed by atoms with Crippen LogP contribution < -0.4 is 4.90 Å². The molecule has 6 heteroatoms. The lowest BCUT2D eigenvalue weighted by atomic mass is 10.1. The van der Waals surface area contributed by atoms with E-state index in [1.54, 1.807) is 18.5 Å². The molecule has 1 aliphatic rings. The predicted molar refractivity (Wildman–Crippen MR) is 115 cm³/mol. The topological polar surface area (TPSA) is 56.8 Å². The highest BCUT2D eigenvalue weighted by Gasteiger charge is 2.24. The Morgan fingerprint density at radius 1 is 0.931 bits per heavy atom. The van der Waals surface area contributed by atoms with E-state index >= 15 is 0 Å². The summed E-state index contributed by atoms with van der Waals surface area (Å²) in [6.07, 6.45) is 4.93. The molecule has 0 spiro atoms. The Bertz CT molecular complexity index is 811. The second-order valence-electron chi connectivity index (χ2n) is 7.37. The zero-order valence-corrected chi connectivity index (χ0v) is 17.4. The summed E-state index contributed by atoms with van der Waals surface area (Å²) < 4.78 is 0. The molecule has 0 bridgehead atoms. The maximum absolute atomic E-state index is 13.0. The third-order valence-corrected chi connectivity index (χ3v) is 5.19. The number of pyridine rings is 1. The number of piperazine rings is 1. The number of nitrogens with zero attached hydrogens (tertiary/aromatic N) is 4. The molecule has 1 saturated heterocycles. The van der Waals surface area contributed by atoms with Gasteiger partial charge in [0.25, 0.3) is 11.8 Å². The van der Waals surface area contributed by atoms with Crippen LogP contribution in [0.3, 0.4) is 0 Å². The summed E-state index contributed by atoms with van der Waals surface area (Å²) in [6, 6.07) is 11.9. The molecule has 29 heavy (non-hydrogen) atoms. The second-order valence-corrected chi connectivity index (χ2v) is 7.37. The first kappa shape index (κ1) is 20.8. The van der Waals surface area contributed by atoms with Gasteiger partial charge in [-0.05, 0) is 31.0 Å². The van der Waals surface area contributed by atoms with Gasteiger partial charge in [-0.3, -0.25) is 14.6 Å². The summed E-state index contributed by atoms with van der Waals surface area (Å²) in [4.78, 5) is 36.0. The minimum Gasteiger partial charge on any atom is -0.368 e. The monoisotopic (exact) mass is 394 g/mol. The lowest BCUT2D eigenvalue weighted by Crippen LogP contribution is -2.48. The fourth-order valence-corrected chi connectivity index (χ4v) is 3.70. The van der Waals surface area contributed by atoms with Crippen LogP contribution in [0.15, 0.2) is 48.8 Å². The first-order valence-electron chi connectivity index (χ1n) is 10.5. The third-order valence-electron chi connectivity index (χ3n) is 5.19. The van der Waals surface area contributed by atoms with Gasteiger partial charge in [0, 0.05) is 57.3 Å². The summed E-state index contributed by atoms with van der Waals surface area (Å²) in [7, 11) is 0. The number of aromatic nitrogens is 1. The van der Waals surface area contributed by atoms with Crippen molar-refractivity contribution in [3.05, 3.63) is 59.9 Å². The molecule has 0 aliphatic carbocycles. The van der Waals surface area contributed by atoms with Crippen molar-refractivity contribution >= 4 is 17.5 Å². The molecular formula is C23H30N4O2. The van der Waals surface area contributed by atoms with Gasteiger partial charge < -0.3 is 14.7 Å². The van der Waals surface area contributed by atoms with E-state index in [0.29, 0.717) is 37.3 Å². The van der Waals surface area contributed by atoms with Crippen LogP contribution >= 0.6 is 0 Å². The van der Waals surface area contributed by atoms with Crippen molar-refractivity contribution < 1.29 is 9.59 Å². The normalized spacial score (nSPS) is 14.0. The van der Waals surface area contributed by atoms with Crippen molar-refractivity contribution in [2.75, 3.05) is 44.2 Å². The average molecular weight is 395 g/mol. The number of carbonyl (C=O) groups is 2. The van der Waals surface area contributed by atoms with Gasteiger partial charge in [-0.25, -0.2) is 0 Å². The van der Waals surface area contributed by atoms with Gasteiger partial charge in [0.2, 0.25) is 0 Å². The fraction of sp³-hybridized carbons (Fsp3) is 0.435. The number of hydrogen-bond donors (Lipinski definition) is 0. The molecule has 1 aliphatic heterocycles. The van der Waals surface area contributed by atoms with Crippen LogP contribution in [0.1, 0.15) is 47.4 Å². The zero-order valence-electron chi connectivity index (χ0n) is 17.4. The fourth-order valence-electron chi connectivity index (χ4n) is 3.70. The quantitative estimate of drug-likeness (QED) is 0.723. The molecule has 0 atom stereocenters. The Balaban J connectivity index is 1.66. The van der Waals surface area contributed by atoms with Crippen LogP contribution in [0, 0.1) is 0 Å². The molecule has 0 N–H and O–H groups in total. The van der Waals surface area contributed by atoms with Gasteiger partial charge in [-0.2, -0.15) is 0 Å². The lowest BCUT2D eigenvalue weighted by molar-refractivity contribution is 0.0746. The molecule has 6 nitrogen and oxygen atoms in total. The third kappa shape index (κ3) is 5.13. The largest absolute Gasteiger partial charge is 0.368 e. The highest BCUT2D eigenvalue weighted by molar-refractivity contribution is 5.99. The molecule has 1 aromatic carbocycles. The van der Waals surface area contributed by atoms with Crippen LogP contribution in [-0.2, 0) is 0 Å². The molecule has 154 valence electrons. The van der Waals surface area contributed by atoms with Crippen molar-refractivity contribution in [3.63, 3.8) is 0 Å². The average Bonchev–Trinajstić information content (AvgIpc) is 2.79. The molecule has 0 radical (unpaired) electrons. The number of amides is 2. The Hall–Kier alpha value is -2.89. The maximum Gasteiger partial charge on any atom is 0.255 e. The van der Waals surface area contributed by atoms with E-state index in [9.17, 15) is 9.59 Å². The smallest absolute Gasteiger partial charge is 0.255 e. The second kappa shape index (κ2) is 10.0. The van der Waals surface area contributed by atoms with Crippen molar-refractivity contribution in [2.45, 2.75) is 26.7 Å². The Labute approximate surface area is 173 Å². The molecule has 1 aromatic heterocycles. The summed E-state index contributed by atoms with van der Waals surface area (Å²) in [5.74, 6) is -0.109. The van der Waals surface area contributed by atoms with Crippen molar-refractivity contribution in [1.29, 1.82) is 0 Å². The predicted octanol–water partition coefficient (Wildman–Crippen LogP) is 3.31. The van der Waals surface area contributed by atoms with Gasteiger partial charge in [-0.15, -0.1) is 0 Å². The van der Waals surface area contributed by atoms with Crippen molar-refractivity contribution in [3.8, 4) is 0 Å². The first-order valence-corrected chi connectivity index (χ1v) is 10.5. The van der Waals surface area contributed by atoms with E-state index in [1.807, 2.05) is 28.0 Å². The number of carbonyl (C=O) groups excluding carboxylic acids is 2.